The van der Waals surface area contributed by atoms with Gasteiger partial charge >= 0.3 is 12.1 Å². The first-order valence-electron chi connectivity index (χ1n) is 7.34. The van der Waals surface area contributed by atoms with Crippen LogP contribution in [0.25, 0.3) is 21.3 Å². The Morgan fingerprint density at radius 1 is 1.24 bits per heavy atom. The number of nitrogens with zero attached hydrogens (tertiary/aromatic N) is 1. The summed E-state index contributed by atoms with van der Waals surface area (Å²) >= 11 is 1.31. The molecule has 0 atom stereocenters. The van der Waals surface area contributed by atoms with E-state index in [1.165, 1.54) is 17.4 Å². The molecule has 0 saturated carbocycles. The Kier molecular flexibility index (Phi) is 4.38. The predicted molar refractivity (Wildman–Crippen MR) is 90.4 cm³/mol. The number of nitrogens with two attached hydrogens (primary N) is 1. The monoisotopic (exact) mass is 366 g/mol. The first-order valence-corrected chi connectivity index (χ1v) is 8.16. The van der Waals surface area contributed by atoms with Gasteiger partial charge in [-0.3, -0.25) is 0 Å². The molecule has 0 spiro atoms. The average Bonchev–Trinajstić information content (AvgIpc) is 2.92. The Labute approximate surface area is 145 Å². The number of anilines is 1. The van der Waals surface area contributed by atoms with E-state index in [0.29, 0.717) is 21.8 Å². The number of fused-ring (bicyclic) bond motifs is 1. The van der Waals surface area contributed by atoms with Gasteiger partial charge in [-0.2, -0.15) is 13.2 Å². The standard InChI is InChI=1S/C17H13F3N2O2S/c1-2-24-15(23)12-8-10(17(18,19)20)4-5-11(12)9-3-6-14-13(7-9)22-16(21)25-14/h3-8H,2H2,1H3,(H2,21,22). The number of ether oxygens (including phenoxy) is 1. The zero-order valence-corrected chi connectivity index (χ0v) is 13.9. The largest absolute Gasteiger partial charge is 0.462 e. The third-order valence-electron chi connectivity index (χ3n) is 3.56. The van der Waals surface area contributed by atoms with Crippen LogP contribution in [0.2, 0.25) is 0 Å². The number of carbonyl (C=O) groups is 1. The highest BCUT2D eigenvalue weighted by atomic mass is 32.1. The van der Waals surface area contributed by atoms with E-state index < -0.39 is 17.7 Å². The molecular weight excluding hydrogens is 353 g/mol. The van der Waals surface area contributed by atoms with Crippen molar-refractivity contribution >= 4 is 32.7 Å². The Morgan fingerprint density at radius 3 is 2.68 bits per heavy atom. The van der Waals surface area contributed by atoms with E-state index in [4.69, 9.17) is 10.5 Å². The summed E-state index contributed by atoms with van der Waals surface area (Å²) in [6, 6.07) is 8.20. The zero-order valence-electron chi connectivity index (χ0n) is 13.1. The van der Waals surface area contributed by atoms with E-state index in [1.807, 2.05) is 0 Å². The highest BCUT2D eigenvalue weighted by Gasteiger charge is 2.32. The van der Waals surface area contributed by atoms with Gasteiger partial charge in [0, 0.05) is 0 Å². The molecule has 0 saturated heterocycles. The van der Waals surface area contributed by atoms with E-state index in [-0.39, 0.29) is 12.2 Å². The van der Waals surface area contributed by atoms with Crippen LogP contribution in [0.4, 0.5) is 18.3 Å². The first kappa shape index (κ1) is 17.2. The lowest BCUT2D eigenvalue weighted by atomic mass is 9.97. The van der Waals surface area contributed by atoms with E-state index in [9.17, 15) is 18.0 Å². The normalized spacial score (nSPS) is 11.7. The lowest BCUT2D eigenvalue weighted by Gasteiger charge is -2.13. The molecule has 2 aromatic carbocycles. The smallest absolute Gasteiger partial charge is 0.416 e. The lowest BCUT2D eigenvalue weighted by Crippen LogP contribution is -2.11. The van der Waals surface area contributed by atoms with Gasteiger partial charge in [0.25, 0.3) is 0 Å². The van der Waals surface area contributed by atoms with Gasteiger partial charge in [0.1, 0.15) is 0 Å². The predicted octanol–water partition coefficient (Wildman–Crippen LogP) is 4.74. The number of nitrogen functional groups attached to an aromatic ring is 1. The minimum Gasteiger partial charge on any atom is -0.462 e. The van der Waals surface area contributed by atoms with Gasteiger partial charge in [-0.05, 0) is 42.3 Å². The molecule has 130 valence electrons. The number of esters is 1. The van der Waals surface area contributed by atoms with Gasteiger partial charge in [0.2, 0.25) is 0 Å². The fourth-order valence-corrected chi connectivity index (χ4v) is 3.18. The molecule has 0 aliphatic heterocycles. The molecule has 0 aliphatic rings. The van der Waals surface area contributed by atoms with E-state index in [1.54, 1.807) is 25.1 Å². The van der Waals surface area contributed by atoms with Crippen molar-refractivity contribution in [3.63, 3.8) is 0 Å². The summed E-state index contributed by atoms with van der Waals surface area (Å²) in [6.45, 7) is 1.66. The van der Waals surface area contributed by atoms with Crippen molar-refractivity contribution in [2.45, 2.75) is 13.1 Å². The van der Waals surface area contributed by atoms with Crippen LogP contribution in [0.15, 0.2) is 36.4 Å². The van der Waals surface area contributed by atoms with Gasteiger partial charge < -0.3 is 10.5 Å². The molecule has 0 bridgehead atoms. The molecule has 4 nitrogen and oxygen atoms in total. The summed E-state index contributed by atoms with van der Waals surface area (Å²) in [5, 5.41) is 0.394. The molecule has 0 unspecified atom stereocenters. The average molecular weight is 366 g/mol. The maximum absolute atomic E-state index is 13.0. The number of rotatable bonds is 3. The SMILES string of the molecule is CCOC(=O)c1cc(C(F)(F)F)ccc1-c1ccc2sc(N)nc2c1. The molecule has 3 aromatic rings. The molecule has 0 aliphatic carbocycles. The third kappa shape index (κ3) is 3.43. The summed E-state index contributed by atoms with van der Waals surface area (Å²) in [4.78, 5) is 16.3. The maximum Gasteiger partial charge on any atom is 0.416 e. The Bertz CT molecular complexity index is 951. The minimum absolute atomic E-state index is 0.0656. The van der Waals surface area contributed by atoms with Crippen LogP contribution in [0, 0.1) is 0 Å². The number of aromatic nitrogens is 1. The first-order chi connectivity index (χ1) is 11.8. The van der Waals surface area contributed by atoms with Crippen molar-refractivity contribution in [3.05, 3.63) is 47.5 Å². The Morgan fingerprint density at radius 2 is 2.00 bits per heavy atom. The molecule has 8 heteroatoms. The number of alkyl halides is 3. The highest BCUT2D eigenvalue weighted by Crippen LogP contribution is 2.35. The number of carbonyl (C=O) groups excluding carboxylic acids is 1. The van der Waals surface area contributed by atoms with Crippen molar-refractivity contribution in [1.29, 1.82) is 0 Å². The molecular formula is C17H13F3N2O2S. The van der Waals surface area contributed by atoms with Crippen LogP contribution >= 0.6 is 11.3 Å². The molecule has 0 fully saturated rings. The van der Waals surface area contributed by atoms with E-state index in [2.05, 4.69) is 4.98 Å². The van der Waals surface area contributed by atoms with Crippen molar-refractivity contribution < 1.29 is 22.7 Å². The molecule has 25 heavy (non-hydrogen) atoms. The molecule has 3 rings (SSSR count). The number of hydrogen-bond donors (Lipinski definition) is 1. The van der Waals surface area contributed by atoms with Crippen molar-refractivity contribution in [1.82, 2.24) is 4.98 Å². The zero-order chi connectivity index (χ0) is 18.2. The van der Waals surface area contributed by atoms with E-state index >= 15 is 0 Å². The van der Waals surface area contributed by atoms with Crippen LogP contribution in [0.5, 0.6) is 0 Å². The van der Waals surface area contributed by atoms with Gasteiger partial charge in [-0.1, -0.05) is 23.5 Å². The number of hydrogen-bond acceptors (Lipinski definition) is 5. The van der Waals surface area contributed by atoms with Crippen molar-refractivity contribution in [2.24, 2.45) is 0 Å². The maximum atomic E-state index is 13.0. The number of thiazole rings is 1. The number of halogens is 3. The third-order valence-corrected chi connectivity index (χ3v) is 4.42. The quantitative estimate of drug-likeness (QED) is 0.680. The number of benzene rings is 2. The Balaban J connectivity index is 2.16. The molecule has 0 amide bonds. The van der Waals surface area contributed by atoms with Crippen molar-refractivity contribution in [3.8, 4) is 11.1 Å². The fraction of sp³-hybridized carbons (Fsp3) is 0.176. The summed E-state index contributed by atoms with van der Waals surface area (Å²) in [6.07, 6.45) is -4.55. The van der Waals surface area contributed by atoms with Gasteiger partial charge in [-0.25, -0.2) is 9.78 Å². The summed E-state index contributed by atoms with van der Waals surface area (Å²) in [7, 11) is 0. The summed E-state index contributed by atoms with van der Waals surface area (Å²) in [5.74, 6) is -0.804. The van der Waals surface area contributed by atoms with Crippen LogP contribution in [-0.2, 0) is 10.9 Å². The van der Waals surface area contributed by atoms with Gasteiger partial charge in [-0.15, -0.1) is 0 Å². The molecule has 2 N–H and O–H groups in total. The van der Waals surface area contributed by atoms with Gasteiger partial charge in [0.05, 0.1) is 28.0 Å². The highest BCUT2D eigenvalue weighted by molar-refractivity contribution is 7.22. The molecule has 1 heterocycles. The second kappa shape index (κ2) is 6.36. The molecule has 1 aromatic heterocycles. The van der Waals surface area contributed by atoms with Gasteiger partial charge in [0.15, 0.2) is 5.13 Å². The summed E-state index contributed by atoms with van der Waals surface area (Å²) < 4.78 is 44.7. The second-order valence-corrected chi connectivity index (χ2v) is 6.28. The van der Waals surface area contributed by atoms with Crippen LogP contribution < -0.4 is 5.73 Å². The fourth-order valence-electron chi connectivity index (χ4n) is 2.46. The Hall–Kier alpha value is -2.61. The van der Waals surface area contributed by atoms with Crippen LogP contribution in [-0.4, -0.2) is 17.6 Å². The minimum atomic E-state index is -4.55. The van der Waals surface area contributed by atoms with E-state index in [0.717, 1.165) is 16.8 Å². The van der Waals surface area contributed by atoms with Crippen LogP contribution in [0.1, 0.15) is 22.8 Å². The van der Waals surface area contributed by atoms with Crippen LogP contribution in [0.3, 0.4) is 0 Å². The second-order valence-electron chi connectivity index (χ2n) is 5.21. The lowest BCUT2D eigenvalue weighted by molar-refractivity contribution is -0.137. The summed E-state index contributed by atoms with van der Waals surface area (Å²) in [5.41, 5.74) is 6.16. The van der Waals surface area contributed by atoms with Crippen molar-refractivity contribution in [2.75, 3.05) is 12.3 Å². The molecule has 0 radical (unpaired) electrons. The topological polar surface area (TPSA) is 65.2 Å².